The van der Waals surface area contributed by atoms with Crippen LogP contribution in [0.1, 0.15) is 37.3 Å². The molecule has 0 aliphatic heterocycles. The minimum Gasteiger partial charge on any atom is -0.286 e. The normalized spacial score (nSPS) is 12.2. The minimum absolute atomic E-state index is 0.247. The largest absolute Gasteiger partial charge is 0.286 e. The standard InChI is InChI=1S/C22H34N4O6S2/c1-3-11-23-13-15-25(21(23)9-5-7-19-33(27,28)29)17-18-26-16-14-24(12-4-2)22(26)10-6-8-20-34(30,31)32/h3-4,13-16H,1-2,5-12,17-20H2/p+2. The summed E-state index contributed by atoms with van der Waals surface area (Å²) in [6.07, 6.45) is 14.9. The van der Waals surface area contributed by atoms with Gasteiger partial charge in [0.15, 0.2) is 0 Å². The molecule has 12 heteroatoms. The Labute approximate surface area is 202 Å². The van der Waals surface area contributed by atoms with Crippen molar-refractivity contribution in [1.29, 1.82) is 0 Å². The molecule has 0 amide bonds. The molecule has 34 heavy (non-hydrogen) atoms. The van der Waals surface area contributed by atoms with Gasteiger partial charge in [-0.3, -0.25) is 9.11 Å². The molecule has 2 heterocycles. The van der Waals surface area contributed by atoms with Gasteiger partial charge in [-0.15, -0.1) is 0 Å². The highest BCUT2D eigenvalue weighted by atomic mass is 32.2. The third kappa shape index (κ3) is 9.53. The molecule has 0 saturated carbocycles. The first kappa shape index (κ1) is 28.0. The third-order valence-corrected chi connectivity index (χ3v) is 7.13. The molecule has 0 aromatic carbocycles. The monoisotopic (exact) mass is 516 g/mol. The summed E-state index contributed by atoms with van der Waals surface area (Å²) in [6.45, 7) is 10.3. The average molecular weight is 517 g/mol. The lowest BCUT2D eigenvalue weighted by atomic mass is 10.2. The maximum absolute atomic E-state index is 11.0. The fraction of sp³-hybridized carbons (Fsp3) is 0.545. The first-order valence-corrected chi connectivity index (χ1v) is 14.5. The Morgan fingerprint density at radius 1 is 0.735 bits per heavy atom. The molecule has 0 spiro atoms. The van der Waals surface area contributed by atoms with Gasteiger partial charge in [0.1, 0.15) is 51.0 Å². The van der Waals surface area contributed by atoms with Crippen LogP contribution in [0.4, 0.5) is 0 Å². The molecule has 2 rings (SSSR count). The molecule has 10 nitrogen and oxygen atoms in total. The second-order valence-corrected chi connectivity index (χ2v) is 11.3. The highest BCUT2D eigenvalue weighted by Crippen LogP contribution is 2.06. The topological polar surface area (TPSA) is 126 Å². The fourth-order valence-corrected chi connectivity index (χ4v) is 5.08. The Morgan fingerprint density at radius 3 is 1.44 bits per heavy atom. The lowest BCUT2D eigenvalue weighted by Crippen LogP contribution is -2.47. The highest BCUT2D eigenvalue weighted by molar-refractivity contribution is 7.86. The van der Waals surface area contributed by atoms with Crippen LogP contribution in [-0.4, -0.2) is 46.6 Å². The number of hydrogen-bond donors (Lipinski definition) is 2. The maximum Gasteiger partial charge on any atom is 0.264 e. The van der Waals surface area contributed by atoms with E-state index < -0.39 is 20.2 Å². The molecule has 2 N–H and O–H groups in total. The van der Waals surface area contributed by atoms with E-state index in [2.05, 4.69) is 31.4 Å². The predicted octanol–water partition coefficient (Wildman–Crippen LogP) is 1.36. The van der Waals surface area contributed by atoms with Crippen molar-refractivity contribution < 1.29 is 35.1 Å². The molecule has 2 aromatic heterocycles. The lowest BCUT2D eigenvalue weighted by molar-refractivity contribution is -0.784. The predicted molar refractivity (Wildman–Crippen MR) is 128 cm³/mol. The van der Waals surface area contributed by atoms with Gasteiger partial charge in [-0.25, -0.2) is 18.3 Å². The van der Waals surface area contributed by atoms with Crippen molar-refractivity contribution in [2.75, 3.05) is 11.5 Å². The van der Waals surface area contributed by atoms with Gasteiger partial charge in [0, 0.05) is 12.8 Å². The van der Waals surface area contributed by atoms with Gasteiger partial charge >= 0.3 is 0 Å². The first-order valence-electron chi connectivity index (χ1n) is 11.3. The molecule has 0 saturated heterocycles. The van der Waals surface area contributed by atoms with E-state index in [1.54, 1.807) is 12.2 Å². The van der Waals surface area contributed by atoms with E-state index in [-0.39, 0.29) is 11.5 Å². The van der Waals surface area contributed by atoms with Crippen molar-refractivity contribution in [2.45, 2.75) is 64.7 Å². The van der Waals surface area contributed by atoms with E-state index in [4.69, 9.17) is 9.11 Å². The van der Waals surface area contributed by atoms with Crippen molar-refractivity contribution in [3.05, 3.63) is 61.7 Å². The summed E-state index contributed by atoms with van der Waals surface area (Å²) in [6, 6.07) is 0. The second kappa shape index (κ2) is 13.0. The van der Waals surface area contributed by atoms with Crippen LogP contribution in [-0.2, 0) is 59.3 Å². The number of rotatable bonds is 17. The van der Waals surface area contributed by atoms with Crippen molar-refractivity contribution in [1.82, 2.24) is 9.13 Å². The fourth-order valence-electron chi connectivity index (χ4n) is 3.94. The number of hydrogen-bond acceptors (Lipinski definition) is 4. The molecule has 0 atom stereocenters. The molecule has 190 valence electrons. The van der Waals surface area contributed by atoms with E-state index in [0.717, 1.165) is 11.6 Å². The summed E-state index contributed by atoms with van der Waals surface area (Å²) in [5.41, 5.74) is 0. The van der Waals surface area contributed by atoms with Gasteiger partial charge in [-0.2, -0.15) is 16.8 Å². The Balaban J connectivity index is 2.09. The Bertz CT molecular complexity index is 1070. The van der Waals surface area contributed by atoms with Gasteiger partial charge in [0.2, 0.25) is 0 Å². The molecule has 0 aliphatic carbocycles. The Kier molecular flexibility index (Phi) is 10.7. The zero-order chi connectivity index (χ0) is 25.2. The van der Waals surface area contributed by atoms with Crippen LogP contribution >= 0.6 is 0 Å². The van der Waals surface area contributed by atoms with E-state index in [0.29, 0.717) is 64.7 Å². The zero-order valence-corrected chi connectivity index (χ0v) is 21.1. The van der Waals surface area contributed by atoms with Crippen LogP contribution in [0.25, 0.3) is 0 Å². The molecule has 0 unspecified atom stereocenters. The number of unbranched alkanes of at least 4 members (excludes halogenated alkanes) is 2. The molecular weight excluding hydrogens is 480 g/mol. The SMILES string of the molecule is C=CCn1cc[n+](CC[n+]2ccn(CC=C)c2CCCCS(=O)(=O)O)c1CCCCS(=O)(=O)O. The van der Waals surface area contributed by atoms with Gasteiger partial charge in [0.05, 0.1) is 11.5 Å². The highest BCUT2D eigenvalue weighted by Gasteiger charge is 2.21. The van der Waals surface area contributed by atoms with E-state index in [9.17, 15) is 16.8 Å². The van der Waals surface area contributed by atoms with Crippen LogP contribution in [0.2, 0.25) is 0 Å². The number of allylic oxidation sites excluding steroid dienone is 2. The summed E-state index contributed by atoms with van der Waals surface area (Å²) in [4.78, 5) is 0. The summed E-state index contributed by atoms with van der Waals surface area (Å²) in [7, 11) is -7.91. The average Bonchev–Trinajstić information content (AvgIpc) is 3.30. The van der Waals surface area contributed by atoms with Crippen molar-refractivity contribution in [3.8, 4) is 0 Å². The van der Waals surface area contributed by atoms with Crippen LogP contribution < -0.4 is 9.13 Å². The van der Waals surface area contributed by atoms with Gasteiger partial charge in [0.25, 0.3) is 31.9 Å². The summed E-state index contributed by atoms with van der Waals surface area (Å²) < 4.78 is 70.3. The van der Waals surface area contributed by atoms with Crippen LogP contribution in [0.15, 0.2) is 50.1 Å². The summed E-state index contributed by atoms with van der Waals surface area (Å²) in [5.74, 6) is 1.61. The van der Waals surface area contributed by atoms with Crippen LogP contribution in [0.3, 0.4) is 0 Å². The van der Waals surface area contributed by atoms with E-state index >= 15 is 0 Å². The lowest BCUT2D eigenvalue weighted by Gasteiger charge is -2.06. The van der Waals surface area contributed by atoms with Crippen LogP contribution in [0.5, 0.6) is 0 Å². The van der Waals surface area contributed by atoms with Crippen molar-refractivity contribution in [3.63, 3.8) is 0 Å². The van der Waals surface area contributed by atoms with Gasteiger partial charge in [-0.05, 0) is 25.7 Å². The Hall–Kier alpha value is -2.28. The molecule has 0 aliphatic rings. The zero-order valence-electron chi connectivity index (χ0n) is 19.5. The number of nitrogens with zero attached hydrogens (tertiary/aromatic N) is 4. The smallest absolute Gasteiger partial charge is 0.264 e. The number of aryl methyl sites for hydroxylation is 2. The summed E-state index contributed by atoms with van der Waals surface area (Å²) >= 11 is 0. The van der Waals surface area contributed by atoms with Gasteiger partial charge < -0.3 is 0 Å². The quantitative estimate of drug-likeness (QED) is 0.141. The Morgan fingerprint density at radius 2 is 1.12 bits per heavy atom. The van der Waals surface area contributed by atoms with Crippen LogP contribution in [0, 0.1) is 0 Å². The van der Waals surface area contributed by atoms with Gasteiger partial charge in [-0.1, -0.05) is 25.3 Å². The number of imidazole rings is 2. The summed E-state index contributed by atoms with van der Waals surface area (Å²) in [5, 5.41) is 0. The van der Waals surface area contributed by atoms with Crippen molar-refractivity contribution in [2.24, 2.45) is 0 Å². The molecule has 0 fully saturated rings. The third-order valence-electron chi connectivity index (χ3n) is 5.52. The molecule has 0 bridgehead atoms. The maximum atomic E-state index is 11.0. The minimum atomic E-state index is -3.96. The second-order valence-electron chi connectivity index (χ2n) is 8.18. The molecular formula is C22H36N4O6S2+2. The van der Waals surface area contributed by atoms with Crippen molar-refractivity contribution >= 4 is 20.2 Å². The molecule has 2 aromatic rings. The number of aromatic nitrogens is 4. The van der Waals surface area contributed by atoms with E-state index in [1.807, 2.05) is 24.8 Å². The first-order chi connectivity index (χ1) is 16.0. The molecule has 0 radical (unpaired) electrons. The van der Waals surface area contributed by atoms with E-state index in [1.165, 1.54) is 0 Å².